The summed E-state index contributed by atoms with van der Waals surface area (Å²) in [5, 5.41) is 8.95. The number of carboxylic acids is 1. The van der Waals surface area contributed by atoms with E-state index in [1.807, 2.05) is 6.92 Å². The number of carbonyl (C=O) groups is 2. The number of rotatable bonds is 2. The van der Waals surface area contributed by atoms with E-state index in [1.165, 1.54) is 11.1 Å². The van der Waals surface area contributed by atoms with Crippen LogP contribution in [0.5, 0.6) is 0 Å². The molecular weight excluding hydrogens is 230 g/mol. The van der Waals surface area contributed by atoms with Crippen molar-refractivity contribution in [1.29, 1.82) is 0 Å². The van der Waals surface area contributed by atoms with Crippen molar-refractivity contribution in [2.75, 3.05) is 13.1 Å². The molecule has 1 aromatic heterocycles. The summed E-state index contributed by atoms with van der Waals surface area (Å²) in [5.41, 5.74) is 0.295. The molecule has 86 valence electrons. The van der Waals surface area contributed by atoms with E-state index in [9.17, 15) is 9.59 Å². The van der Waals surface area contributed by atoms with E-state index >= 15 is 0 Å². The zero-order chi connectivity index (χ0) is 11.7. The van der Waals surface area contributed by atoms with Crippen molar-refractivity contribution >= 4 is 23.6 Å². The molecule has 2 rings (SSSR count). The molecule has 0 aromatic carbocycles. The van der Waals surface area contributed by atoms with Gasteiger partial charge in [0.15, 0.2) is 5.69 Å². The molecule has 2 unspecified atom stereocenters. The van der Waals surface area contributed by atoms with Gasteiger partial charge in [0.25, 0.3) is 5.91 Å². The first-order valence-corrected chi connectivity index (χ1v) is 5.62. The molecule has 1 aliphatic rings. The van der Waals surface area contributed by atoms with Gasteiger partial charge in [-0.15, -0.1) is 0 Å². The molecule has 0 saturated carbocycles. The molecule has 2 atom stereocenters. The van der Waals surface area contributed by atoms with Crippen molar-refractivity contribution < 1.29 is 14.7 Å². The third kappa shape index (κ3) is 1.90. The fourth-order valence-corrected chi connectivity index (χ4v) is 2.28. The van der Waals surface area contributed by atoms with Crippen LogP contribution < -0.4 is 0 Å². The SMILES string of the molecule is CC1CN(C(=O)c2cnsn2)CC1C(=O)O. The van der Waals surface area contributed by atoms with Gasteiger partial charge < -0.3 is 10.0 Å². The second kappa shape index (κ2) is 4.17. The van der Waals surface area contributed by atoms with Gasteiger partial charge in [0.2, 0.25) is 0 Å². The molecule has 1 aliphatic heterocycles. The highest BCUT2D eigenvalue weighted by Gasteiger charge is 2.37. The maximum atomic E-state index is 11.9. The van der Waals surface area contributed by atoms with Gasteiger partial charge in [-0.25, -0.2) is 0 Å². The van der Waals surface area contributed by atoms with Gasteiger partial charge in [0.1, 0.15) is 0 Å². The van der Waals surface area contributed by atoms with Crippen LogP contribution in [0, 0.1) is 11.8 Å². The Morgan fingerprint density at radius 1 is 1.56 bits per heavy atom. The normalized spacial score (nSPS) is 24.7. The van der Waals surface area contributed by atoms with Crippen LogP contribution in [-0.4, -0.2) is 43.7 Å². The summed E-state index contributed by atoms with van der Waals surface area (Å²) in [5.74, 6) is -1.58. The van der Waals surface area contributed by atoms with Crippen LogP contribution in [0.4, 0.5) is 0 Å². The summed E-state index contributed by atoms with van der Waals surface area (Å²) in [6, 6.07) is 0. The van der Waals surface area contributed by atoms with Gasteiger partial charge in [-0.2, -0.15) is 8.75 Å². The quantitative estimate of drug-likeness (QED) is 0.806. The summed E-state index contributed by atoms with van der Waals surface area (Å²) in [6.07, 6.45) is 1.41. The molecule has 6 nitrogen and oxygen atoms in total. The number of hydrogen-bond donors (Lipinski definition) is 1. The number of hydrogen-bond acceptors (Lipinski definition) is 5. The first-order valence-electron chi connectivity index (χ1n) is 4.89. The molecule has 0 spiro atoms. The fourth-order valence-electron chi connectivity index (χ4n) is 1.87. The number of aromatic nitrogens is 2. The van der Waals surface area contributed by atoms with Crippen LogP contribution in [-0.2, 0) is 4.79 Å². The topological polar surface area (TPSA) is 83.4 Å². The van der Waals surface area contributed by atoms with Gasteiger partial charge in [0.05, 0.1) is 23.8 Å². The van der Waals surface area contributed by atoms with E-state index in [-0.39, 0.29) is 18.4 Å². The van der Waals surface area contributed by atoms with Crippen LogP contribution in [0.2, 0.25) is 0 Å². The van der Waals surface area contributed by atoms with Crippen molar-refractivity contribution in [3.63, 3.8) is 0 Å². The Hall–Kier alpha value is -1.50. The second-order valence-electron chi connectivity index (χ2n) is 3.92. The number of carboxylic acid groups (broad SMARTS) is 1. The molecule has 16 heavy (non-hydrogen) atoms. The largest absolute Gasteiger partial charge is 0.481 e. The molecule has 1 N–H and O–H groups in total. The standard InChI is InChI=1S/C9H11N3O3S/c1-5-3-12(4-6(5)9(14)15)8(13)7-2-10-16-11-7/h2,5-6H,3-4H2,1H3,(H,14,15). The lowest BCUT2D eigenvalue weighted by atomic mass is 9.99. The maximum Gasteiger partial charge on any atom is 0.308 e. The Balaban J connectivity index is 2.09. The van der Waals surface area contributed by atoms with Crippen LogP contribution in [0.25, 0.3) is 0 Å². The van der Waals surface area contributed by atoms with E-state index < -0.39 is 11.9 Å². The van der Waals surface area contributed by atoms with Crippen molar-refractivity contribution in [2.24, 2.45) is 11.8 Å². The third-order valence-corrected chi connectivity index (χ3v) is 3.28. The Kier molecular flexibility index (Phi) is 2.86. The number of aliphatic carboxylic acids is 1. The lowest BCUT2D eigenvalue weighted by molar-refractivity contribution is -0.142. The third-order valence-electron chi connectivity index (χ3n) is 2.80. The highest BCUT2D eigenvalue weighted by atomic mass is 32.1. The lowest BCUT2D eigenvalue weighted by Crippen LogP contribution is -2.30. The van der Waals surface area contributed by atoms with Gasteiger partial charge >= 0.3 is 5.97 Å². The summed E-state index contributed by atoms with van der Waals surface area (Å²) in [7, 11) is 0. The second-order valence-corrected chi connectivity index (χ2v) is 4.48. The maximum absolute atomic E-state index is 11.9. The van der Waals surface area contributed by atoms with E-state index in [4.69, 9.17) is 5.11 Å². The minimum atomic E-state index is -0.848. The van der Waals surface area contributed by atoms with E-state index in [0.717, 1.165) is 11.7 Å². The zero-order valence-corrected chi connectivity index (χ0v) is 9.48. The zero-order valence-electron chi connectivity index (χ0n) is 8.66. The van der Waals surface area contributed by atoms with Crippen molar-refractivity contribution in [3.8, 4) is 0 Å². The smallest absolute Gasteiger partial charge is 0.308 e. The van der Waals surface area contributed by atoms with Gasteiger partial charge in [-0.3, -0.25) is 9.59 Å². The first kappa shape index (κ1) is 11.0. The molecule has 0 bridgehead atoms. The molecule has 0 aliphatic carbocycles. The van der Waals surface area contributed by atoms with Gasteiger partial charge in [-0.05, 0) is 5.92 Å². The monoisotopic (exact) mass is 241 g/mol. The highest BCUT2D eigenvalue weighted by molar-refractivity contribution is 6.99. The molecule has 1 fully saturated rings. The van der Waals surface area contributed by atoms with Crippen molar-refractivity contribution in [1.82, 2.24) is 13.6 Å². The molecule has 0 radical (unpaired) electrons. The summed E-state index contributed by atoms with van der Waals surface area (Å²) in [4.78, 5) is 24.3. The minimum Gasteiger partial charge on any atom is -0.481 e. The molecule has 7 heteroatoms. The Morgan fingerprint density at radius 2 is 2.31 bits per heavy atom. The van der Waals surface area contributed by atoms with Crippen LogP contribution in [0.1, 0.15) is 17.4 Å². The van der Waals surface area contributed by atoms with Crippen molar-refractivity contribution in [3.05, 3.63) is 11.9 Å². The van der Waals surface area contributed by atoms with Crippen LogP contribution in [0.3, 0.4) is 0 Å². The number of amides is 1. The van der Waals surface area contributed by atoms with E-state index in [2.05, 4.69) is 8.75 Å². The Bertz CT molecular complexity index is 406. The number of likely N-dealkylation sites (tertiary alicyclic amines) is 1. The summed E-state index contributed by atoms with van der Waals surface area (Å²) >= 11 is 0.971. The number of carbonyl (C=O) groups excluding carboxylic acids is 1. The lowest BCUT2D eigenvalue weighted by Gasteiger charge is -2.13. The molecule has 1 amide bonds. The van der Waals surface area contributed by atoms with Gasteiger partial charge in [0, 0.05) is 13.1 Å². The summed E-state index contributed by atoms with van der Waals surface area (Å²) in [6.45, 7) is 2.56. The van der Waals surface area contributed by atoms with Gasteiger partial charge in [-0.1, -0.05) is 6.92 Å². The predicted molar refractivity (Wildman–Crippen MR) is 56.1 cm³/mol. The first-order chi connectivity index (χ1) is 7.59. The average molecular weight is 241 g/mol. The highest BCUT2D eigenvalue weighted by Crippen LogP contribution is 2.24. The molecule has 1 aromatic rings. The molecule has 1 saturated heterocycles. The van der Waals surface area contributed by atoms with Crippen molar-refractivity contribution in [2.45, 2.75) is 6.92 Å². The molecule has 2 heterocycles. The van der Waals surface area contributed by atoms with Crippen LogP contribution in [0.15, 0.2) is 6.20 Å². The average Bonchev–Trinajstić information content (AvgIpc) is 2.84. The van der Waals surface area contributed by atoms with E-state index in [1.54, 1.807) is 0 Å². The Morgan fingerprint density at radius 3 is 2.81 bits per heavy atom. The van der Waals surface area contributed by atoms with Crippen LogP contribution >= 0.6 is 11.7 Å². The summed E-state index contributed by atoms with van der Waals surface area (Å²) < 4.78 is 7.60. The van der Waals surface area contributed by atoms with E-state index in [0.29, 0.717) is 12.2 Å². The minimum absolute atomic E-state index is 0.0203. The fraction of sp³-hybridized carbons (Fsp3) is 0.556. The predicted octanol–water partition coefficient (Wildman–Crippen LogP) is 0.331. The number of nitrogens with zero attached hydrogens (tertiary/aromatic N) is 3. The molecular formula is C9H11N3O3S. The Labute approximate surface area is 96.2 Å².